The Bertz CT molecular complexity index is 816. The lowest BCUT2D eigenvalue weighted by molar-refractivity contribution is -0.157. The Hall–Kier alpha value is -1.92. The van der Waals surface area contributed by atoms with Gasteiger partial charge in [0, 0.05) is 30.6 Å². The van der Waals surface area contributed by atoms with Gasteiger partial charge in [0.05, 0.1) is 18.5 Å². The number of benzene rings is 1. The molecule has 31 heavy (non-hydrogen) atoms. The first-order chi connectivity index (χ1) is 15.1. The van der Waals surface area contributed by atoms with Crippen LogP contribution in [0.5, 0.6) is 5.75 Å². The Balaban J connectivity index is 1.23. The van der Waals surface area contributed by atoms with Gasteiger partial charge in [0.1, 0.15) is 12.4 Å². The summed E-state index contributed by atoms with van der Waals surface area (Å²) in [4.78, 5) is 15.6. The maximum Gasteiger partial charge on any atom is 0.228 e. The summed E-state index contributed by atoms with van der Waals surface area (Å²) in [6.07, 6.45) is 9.39. The number of morpholine rings is 1. The highest BCUT2D eigenvalue weighted by molar-refractivity contribution is 5.83. The average Bonchev–Trinajstić information content (AvgIpc) is 3.18. The van der Waals surface area contributed by atoms with Gasteiger partial charge in [0.25, 0.3) is 0 Å². The van der Waals surface area contributed by atoms with Crippen LogP contribution in [0.4, 0.5) is 4.39 Å². The number of hydrogen-bond acceptors (Lipinski definition) is 4. The molecule has 1 aromatic rings. The molecule has 2 heterocycles. The molecule has 0 radical (unpaired) electrons. The number of halogens is 1. The van der Waals surface area contributed by atoms with Gasteiger partial charge < -0.3 is 20.1 Å². The first-order valence-electron chi connectivity index (χ1n) is 11.7. The van der Waals surface area contributed by atoms with Crippen molar-refractivity contribution in [2.24, 2.45) is 11.1 Å². The van der Waals surface area contributed by atoms with Crippen LogP contribution < -0.4 is 10.5 Å². The van der Waals surface area contributed by atoms with Crippen molar-refractivity contribution in [3.63, 3.8) is 0 Å². The molecule has 5 aliphatic rings. The number of carbonyl (C=O) groups is 1. The second-order valence-electron chi connectivity index (χ2n) is 10.0. The van der Waals surface area contributed by atoms with Crippen LogP contribution in [0.15, 0.2) is 36.2 Å². The van der Waals surface area contributed by atoms with Gasteiger partial charge in [0.15, 0.2) is 0 Å². The second kappa shape index (κ2) is 8.21. The molecule has 0 spiro atoms. The minimum absolute atomic E-state index is 0.154. The molecule has 5 nitrogen and oxygen atoms in total. The molecule has 1 aromatic carbocycles. The number of amides is 1. The Morgan fingerprint density at radius 2 is 1.71 bits per heavy atom. The summed E-state index contributed by atoms with van der Waals surface area (Å²) < 4.78 is 24.3. The van der Waals surface area contributed by atoms with Crippen LogP contribution in [0.2, 0.25) is 0 Å². The number of nitrogens with zero attached hydrogens (tertiary/aromatic N) is 1. The maximum absolute atomic E-state index is 13.5. The topological polar surface area (TPSA) is 64.8 Å². The van der Waals surface area contributed by atoms with Gasteiger partial charge in [-0.2, -0.15) is 0 Å². The van der Waals surface area contributed by atoms with Crippen molar-refractivity contribution in [3.8, 4) is 5.75 Å². The summed E-state index contributed by atoms with van der Waals surface area (Å²) >= 11 is 0. The van der Waals surface area contributed by atoms with E-state index in [9.17, 15) is 9.18 Å². The van der Waals surface area contributed by atoms with E-state index in [0.717, 1.165) is 70.2 Å². The number of likely N-dealkylation sites (tertiary alicyclic amines) is 1. The number of carbonyl (C=O) groups excluding carboxylic acids is 1. The molecule has 5 fully saturated rings. The first kappa shape index (κ1) is 21.0. The molecular weight excluding hydrogens is 395 g/mol. The zero-order valence-corrected chi connectivity index (χ0v) is 18.2. The molecule has 2 saturated heterocycles. The Morgan fingerprint density at radius 1 is 1.10 bits per heavy atom. The fourth-order valence-electron chi connectivity index (χ4n) is 6.27. The highest BCUT2D eigenvalue weighted by atomic mass is 19.1. The SMILES string of the molecule is NCC(=CF)COc1ccc(C23CCC(C(=O)N4CC5CCC(C4)O5)(CC2)CC3)cc1. The van der Waals surface area contributed by atoms with Gasteiger partial charge in [-0.05, 0) is 74.5 Å². The molecule has 2 unspecified atom stereocenters. The van der Waals surface area contributed by atoms with Gasteiger partial charge in [-0.1, -0.05) is 12.1 Å². The molecule has 168 valence electrons. The molecule has 6 heteroatoms. The average molecular weight is 429 g/mol. The minimum Gasteiger partial charge on any atom is -0.489 e. The first-order valence-corrected chi connectivity index (χ1v) is 11.7. The van der Waals surface area contributed by atoms with Crippen molar-refractivity contribution < 1.29 is 18.7 Å². The molecule has 4 bridgehead atoms. The monoisotopic (exact) mass is 428 g/mol. The minimum atomic E-state index is -0.154. The van der Waals surface area contributed by atoms with Crippen molar-refractivity contribution >= 4 is 5.91 Å². The van der Waals surface area contributed by atoms with Crippen LogP contribution in [0, 0.1) is 5.41 Å². The van der Waals surface area contributed by atoms with Crippen LogP contribution in [0.3, 0.4) is 0 Å². The zero-order valence-electron chi connectivity index (χ0n) is 18.2. The van der Waals surface area contributed by atoms with E-state index >= 15 is 0 Å². The highest BCUT2D eigenvalue weighted by Crippen LogP contribution is 2.58. The summed E-state index contributed by atoms with van der Waals surface area (Å²) in [5.41, 5.74) is 7.28. The van der Waals surface area contributed by atoms with Crippen molar-refractivity contribution in [2.45, 2.75) is 69.0 Å². The third-order valence-electron chi connectivity index (χ3n) is 8.34. The van der Waals surface area contributed by atoms with Gasteiger partial charge in [-0.15, -0.1) is 0 Å². The summed E-state index contributed by atoms with van der Waals surface area (Å²) in [7, 11) is 0. The molecule has 0 aromatic heterocycles. The smallest absolute Gasteiger partial charge is 0.228 e. The van der Waals surface area contributed by atoms with Crippen molar-refractivity contribution in [1.82, 2.24) is 4.90 Å². The lowest BCUT2D eigenvalue weighted by Crippen LogP contribution is -2.56. The summed E-state index contributed by atoms with van der Waals surface area (Å²) in [5.74, 6) is 1.12. The number of fused-ring (bicyclic) bond motifs is 5. The fraction of sp³-hybridized carbons (Fsp3) is 0.640. The number of hydrogen-bond donors (Lipinski definition) is 1. The normalized spacial score (nSPS) is 34.8. The van der Waals surface area contributed by atoms with Crippen molar-refractivity contribution in [1.29, 1.82) is 0 Å². The predicted octanol–water partition coefficient (Wildman–Crippen LogP) is 3.86. The number of nitrogens with two attached hydrogens (primary N) is 1. The third kappa shape index (κ3) is 3.78. The molecule has 2 N–H and O–H groups in total. The van der Waals surface area contributed by atoms with Crippen LogP contribution in [-0.2, 0) is 14.9 Å². The van der Waals surface area contributed by atoms with E-state index in [1.54, 1.807) is 0 Å². The number of rotatable bonds is 6. The van der Waals surface area contributed by atoms with Gasteiger partial charge >= 0.3 is 0 Å². The van der Waals surface area contributed by atoms with E-state index in [0.29, 0.717) is 17.8 Å². The highest BCUT2D eigenvalue weighted by Gasteiger charge is 2.54. The van der Waals surface area contributed by atoms with E-state index < -0.39 is 0 Å². The van der Waals surface area contributed by atoms with E-state index in [1.165, 1.54) is 5.56 Å². The summed E-state index contributed by atoms with van der Waals surface area (Å²) in [6, 6.07) is 8.25. The molecule has 3 aliphatic carbocycles. The van der Waals surface area contributed by atoms with E-state index in [-0.39, 0.29) is 36.2 Å². The van der Waals surface area contributed by atoms with Crippen LogP contribution >= 0.6 is 0 Å². The van der Waals surface area contributed by atoms with Gasteiger partial charge in [0.2, 0.25) is 5.91 Å². The lowest BCUT2D eigenvalue weighted by atomic mass is 9.51. The molecule has 3 saturated carbocycles. The van der Waals surface area contributed by atoms with E-state index in [4.69, 9.17) is 15.2 Å². The van der Waals surface area contributed by atoms with Gasteiger partial charge in [-0.25, -0.2) is 4.39 Å². The van der Waals surface area contributed by atoms with Crippen molar-refractivity contribution in [3.05, 3.63) is 41.7 Å². The summed E-state index contributed by atoms with van der Waals surface area (Å²) in [6.45, 7) is 1.90. The maximum atomic E-state index is 13.5. The molecule has 1 amide bonds. The molecule has 2 atom stereocenters. The standard InChI is InChI=1S/C25H33FN2O3/c26-13-18(14-27)17-30-20-3-1-19(2-4-20)24-7-10-25(11-8-24,12-9-24)23(29)28-15-21-5-6-22(16-28)31-21/h1-4,13,21-22H,5-12,14-17,27H2. The quantitative estimate of drug-likeness (QED) is 0.747. The Morgan fingerprint density at radius 3 is 2.26 bits per heavy atom. The third-order valence-corrected chi connectivity index (χ3v) is 8.34. The van der Waals surface area contributed by atoms with Crippen molar-refractivity contribution in [2.75, 3.05) is 26.2 Å². The van der Waals surface area contributed by atoms with Crippen LogP contribution in [0.25, 0.3) is 0 Å². The lowest BCUT2D eigenvalue weighted by Gasteiger charge is -2.54. The second-order valence-corrected chi connectivity index (χ2v) is 10.0. The van der Waals surface area contributed by atoms with E-state index in [2.05, 4.69) is 17.0 Å². The predicted molar refractivity (Wildman–Crippen MR) is 116 cm³/mol. The Labute approximate surface area is 183 Å². The molecule has 6 rings (SSSR count). The Kier molecular flexibility index (Phi) is 5.55. The van der Waals surface area contributed by atoms with Crippen LogP contribution in [0.1, 0.15) is 56.9 Å². The van der Waals surface area contributed by atoms with Gasteiger partial charge in [-0.3, -0.25) is 4.79 Å². The fourth-order valence-corrected chi connectivity index (χ4v) is 6.27. The largest absolute Gasteiger partial charge is 0.489 e. The molecule has 2 aliphatic heterocycles. The summed E-state index contributed by atoms with van der Waals surface area (Å²) in [5, 5.41) is 0. The zero-order chi connectivity index (χ0) is 21.5. The molecular formula is C25H33FN2O3. The van der Waals surface area contributed by atoms with E-state index in [1.807, 2.05) is 12.1 Å². The number of ether oxygens (including phenoxy) is 2. The van der Waals surface area contributed by atoms with Crippen LogP contribution in [-0.4, -0.2) is 49.3 Å².